The van der Waals surface area contributed by atoms with Gasteiger partial charge in [-0.15, -0.1) is 0 Å². The Labute approximate surface area is 171 Å². The van der Waals surface area contributed by atoms with Crippen LogP contribution in [0.25, 0.3) is 0 Å². The maximum atomic E-state index is 11.5. The molecule has 0 saturated heterocycles. The molecule has 3 rings (SSSR count). The number of amides is 1. The Hall–Kier alpha value is -3.35. The first-order chi connectivity index (χ1) is 13.9. The fraction of sp³-hybridized carbons (Fsp3) is 0.318. The maximum Gasteiger partial charge on any atom is 0.219 e. The lowest BCUT2D eigenvalue weighted by molar-refractivity contribution is -0.128. The highest BCUT2D eigenvalue weighted by Gasteiger charge is 2.20. The van der Waals surface area contributed by atoms with E-state index in [9.17, 15) is 4.79 Å². The normalized spacial score (nSPS) is 19.7. The predicted molar refractivity (Wildman–Crippen MR) is 117 cm³/mol. The number of rotatable bonds is 5. The Bertz CT molecular complexity index is 927. The van der Waals surface area contributed by atoms with Gasteiger partial charge in [-0.2, -0.15) is 0 Å². The molecule has 3 aliphatic rings. The number of hydrogen-bond acceptors (Lipinski definition) is 5. The molecule has 0 aromatic rings. The van der Waals surface area contributed by atoms with Crippen LogP contribution in [0.3, 0.4) is 0 Å². The molecule has 1 amide bonds. The summed E-state index contributed by atoms with van der Waals surface area (Å²) in [6.45, 7) is 7.01. The van der Waals surface area contributed by atoms with Gasteiger partial charge in [0.15, 0.2) is 0 Å². The van der Waals surface area contributed by atoms with Crippen LogP contribution >= 0.6 is 0 Å². The zero-order valence-electron chi connectivity index (χ0n) is 17.1. The first-order valence-corrected chi connectivity index (χ1v) is 9.76. The number of dihydropyridines is 2. The third kappa shape index (κ3) is 4.93. The molecule has 0 saturated carbocycles. The lowest BCUT2D eigenvalue weighted by Crippen LogP contribution is -2.33. The van der Waals surface area contributed by atoms with E-state index in [2.05, 4.69) is 27.8 Å². The number of amidine groups is 1. The summed E-state index contributed by atoms with van der Waals surface area (Å²) in [5.41, 5.74) is 11.1. The van der Waals surface area contributed by atoms with E-state index in [4.69, 9.17) is 11.1 Å². The minimum absolute atomic E-state index is 0.108. The number of allylic oxidation sites excluding steroid dienone is 5. The van der Waals surface area contributed by atoms with Gasteiger partial charge in [-0.25, -0.2) is 4.99 Å². The van der Waals surface area contributed by atoms with Gasteiger partial charge in [0.05, 0.1) is 11.4 Å². The van der Waals surface area contributed by atoms with Crippen LogP contribution in [0.1, 0.15) is 27.2 Å². The lowest BCUT2D eigenvalue weighted by atomic mass is 9.96. The second-order valence-electron chi connectivity index (χ2n) is 7.48. The van der Waals surface area contributed by atoms with Crippen molar-refractivity contribution in [1.29, 1.82) is 5.41 Å². The van der Waals surface area contributed by atoms with Gasteiger partial charge in [0.2, 0.25) is 5.91 Å². The summed E-state index contributed by atoms with van der Waals surface area (Å²) >= 11 is 0. The van der Waals surface area contributed by atoms with Crippen LogP contribution in [-0.2, 0) is 4.79 Å². The Morgan fingerprint density at radius 3 is 2.76 bits per heavy atom. The molecule has 29 heavy (non-hydrogen) atoms. The number of carbonyl (C=O) groups excluding carboxylic acids is 1. The van der Waals surface area contributed by atoms with Crippen LogP contribution in [0, 0.1) is 11.3 Å². The summed E-state index contributed by atoms with van der Waals surface area (Å²) in [7, 11) is 0. The van der Waals surface area contributed by atoms with Crippen molar-refractivity contribution < 1.29 is 4.79 Å². The fourth-order valence-corrected chi connectivity index (χ4v) is 3.28. The van der Waals surface area contributed by atoms with Gasteiger partial charge in [-0.3, -0.25) is 4.79 Å². The topological polar surface area (TPSA) is 107 Å². The third-order valence-electron chi connectivity index (χ3n) is 5.07. The zero-order valence-corrected chi connectivity index (χ0v) is 17.1. The van der Waals surface area contributed by atoms with Crippen LogP contribution < -0.4 is 16.4 Å². The summed E-state index contributed by atoms with van der Waals surface area (Å²) in [6, 6.07) is 0. The first kappa shape index (κ1) is 20.4. The molecular formula is C22H28N6O. The molecule has 3 heterocycles. The van der Waals surface area contributed by atoms with Crippen molar-refractivity contribution in [2.45, 2.75) is 27.2 Å². The monoisotopic (exact) mass is 392 g/mol. The Balaban J connectivity index is 1.74. The van der Waals surface area contributed by atoms with Crippen LogP contribution in [-0.4, -0.2) is 35.9 Å². The summed E-state index contributed by atoms with van der Waals surface area (Å²) in [5, 5.41) is 14.1. The molecule has 152 valence electrons. The van der Waals surface area contributed by atoms with E-state index in [1.165, 1.54) is 11.8 Å². The highest BCUT2D eigenvalue weighted by atomic mass is 16.2. The second-order valence-corrected chi connectivity index (χ2v) is 7.48. The smallest absolute Gasteiger partial charge is 0.219 e. The van der Waals surface area contributed by atoms with Gasteiger partial charge in [0, 0.05) is 32.4 Å². The molecule has 0 spiro atoms. The van der Waals surface area contributed by atoms with Crippen LogP contribution in [0.2, 0.25) is 0 Å². The minimum Gasteiger partial charge on any atom is -0.384 e. The Morgan fingerprint density at radius 2 is 2.14 bits per heavy atom. The van der Waals surface area contributed by atoms with Gasteiger partial charge in [0.1, 0.15) is 11.7 Å². The lowest BCUT2D eigenvalue weighted by Gasteiger charge is -2.28. The molecule has 0 fully saturated rings. The standard InChI is InChI=1S/C22H28N6O/c1-14(2)17(12-23)11-21(24)27-22-5-4-19-20(26-22)10-18(13-25-19)16-6-8-28(9-7-16)15(3)29/h4-6,10-14,23,25-26H,7-9H2,1-3H3,(H2,24,27). The average Bonchev–Trinajstić information content (AvgIpc) is 2.71. The highest BCUT2D eigenvalue weighted by molar-refractivity contribution is 5.97. The SMILES string of the molecule is CC(=O)N1CC=C(C2=CNC3=CC=C(N=C(N)C=C(C=N)C(C)C)NC3=C2)CC1. The summed E-state index contributed by atoms with van der Waals surface area (Å²) in [4.78, 5) is 17.8. The van der Waals surface area contributed by atoms with Crippen LogP contribution in [0.4, 0.5) is 0 Å². The van der Waals surface area contributed by atoms with Crippen molar-refractivity contribution in [3.05, 3.63) is 70.5 Å². The molecule has 0 aliphatic carbocycles. The fourth-order valence-electron chi connectivity index (χ4n) is 3.28. The first-order valence-electron chi connectivity index (χ1n) is 9.76. The van der Waals surface area contributed by atoms with Crippen molar-refractivity contribution in [3.63, 3.8) is 0 Å². The number of nitrogens with two attached hydrogens (primary N) is 1. The number of carbonyl (C=O) groups is 1. The van der Waals surface area contributed by atoms with E-state index in [1.54, 1.807) is 13.0 Å². The molecule has 7 heteroatoms. The number of aliphatic imine (C=N–C) groups is 1. The Kier molecular flexibility index (Phi) is 6.16. The molecule has 0 unspecified atom stereocenters. The zero-order chi connectivity index (χ0) is 21.0. The number of nitrogens with one attached hydrogen (secondary N) is 3. The van der Waals surface area contributed by atoms with Crippen molar-refractivity contribution >= 4 is 18.0 Å². The maximum absolute atomic E-state index is 11.5. The molecule has 3 aliphatic heterocycles. The number of nitrogens with zero attached hydrogens (tertiary/aromatic N) is 2. The van der Waals surface area contributed by atoms with E-state index < -0.39 is 0 Å². The third-order valence-corrected chi connectivity index (χ3v) is 5.07. The van der Waals surface area contributed by atoms with Gasteiger partial charge in [-0.05, 0) is 53.4 Å². The van der Waals surface area contributed by atoms with Crippen molar-refractivity contribution in [2.75, 3.05) is 13.1 Å². The molecule has 0 radical (unpaired) electrons. The largest absolute Gasteiger partial charge is 0.384 e. The molecule has 0 atom stereocenters. The van der Waals surface area contributed by atoms with E-state index in [0.717, 1.165) is 35.5 Å². The molecule has 7 nitrogen and oxygen atoms in total. The molecule has 5 N–H and O–H groups in total. The van der Waals surface area contributed by atoms with Crippen molar-refractivity contribution in [1.82, 2.24) is 15.5 Å². The van der Waals surface area contributed by atoms with Crippen LogP contribution in [0.5, 0.6) is 0 Å². The molecule has 0 aromatic heterocycles. The summed E-state index contributed by atoms with van der Waals surface area (Å²) < 4.78 is 0. The van der Waals surface area contributed by atoms with Gasteiger partial charge >= 0.3 is 0 Å². The quantitative estimate of drug-likeness (QED) is 0.426. The van der Waals surface area contributed by atoms with Gasteiger partial charge < -0.3 is 26.7 Å². The van der Waals surface area contributed by atoms with Gasteiger partial charge in [-0.1, -0.05) is 19.9 Å². The summed E-state index contributed by atoms with van der Waals surface area (Å²) in [6.07, 6.45) is 13.9. The van der Waals surface area contributed by atoms with Crippen molar-refractivity contribution in [3.8, 4) is 0 Å². The number of hydrogen-bond donors (Lipinski definition) is 4. The second kappa shape index (κ2) is 8.77. The minimum atomic E-state index is 0.108. The average molecular weight is 393 g/mol. The predicted octanol–water partition coefficient (Wildman–Crippen LogP) is 2.45. The molecule has 0 bridgehead atoms. The van der Waals surface area contributed by atoms with Crippen LogP contribution in [0.15, 0.2) is 75.5 Å². The molecular weight excluding hydrogens is 364 g/mol. The van der Waals surface area contributed by atoms with Gasteiger partial charge in [0.25, 0.3) is 0 Å². The van der Waals surface area contributed by atoms with E-state index in [1.807, 2.05) is 37.1 Å². The van der Waals surface area contributed by atoms with Crippen molar-refractivity contribution in [2.24, 2.45) is 16.6 Å². The summed E-state index contributed by atoms with van der Waals surface area (Å²) in [5.74, 6) is 1.32. The highest BCUT2D eigenvalue weighted by Crippen LogP contribution is 2.26. The van der Waals surface area contributed by atoms with E-state index in [-0.39, 0.29) is 11.8 Å². The number of fused-ring (bicyclic) bond motifs is 1. The van der Waals surface area contributed by atoms with E-state index in [0.29, 0.717) is 18.2 Å². The Morgan fingerprint density at radius 1 is 1.34 bits per heavy atom. The van der Waals surface area contributed by atoms with E-state index >= 15 is 0 Å². The molecule has 0 aromatic carbocycles.